The minimum Gasteiger partial charge on any atom is -0.462 e. The summed E-state index contributed by atoms with van der Waals surface area (Å²) in [5.74, 6) is -0.795. The number of sulfonamides is 1. The third kappa shape index (κ3) is 6.07. The number of amides is 1. The number of thiophene rings is 1. The first kappa shape index (κ1) is 29.0. The van der Waals surface area contributed by atoms with Gasteiger partial charge in [-0.2, -0.15) is 5.10 Å². The predicted octanol–water partition coefficient (Wildman–Crippen LogP) is 3.38. The second-order valence-corrected chi connectivity index (χ2v) is 13.4. The lowest BCUT2D eigenvalue weighted by Crippen LogP contribution is -2.24. The summed E-state index contributed by atoms with van der Waals surface area (Å²) in [6.45, 7) is 3.66. The van der Waals surface area contributed by atoms with Gasteiger partial charge in [-0.05, 0) is 69.4 Å². The number of esters is 1. The Morgan fingerprint density at radius 1 is 1.22 bits per heavy atom. The Balaban J connectivity index is 1.39. The van der Waals surface area contributed by atoms with Gasteiger partial charge < -0.3 is 15.0 Å². The average Bonchev–Trinajstić information content (AvgIpc) is 3.42. The second-order valence-electron chi connectivity index (χ2n) is 9.44. The number of thioether (sulfide) groups is 1. The number of hydrogen-bond donors (Lipinski definition) is 3. The van der Waals surface area contributed by atoms with E-state index in [1.807, 2.05) is 0 Å². The van der Waals surface area contributed by atoms with Crippen molar-refractivity contribution < 1.29 is 22.7 Å². The van der Waals surface area contributed by atoms with Crippen molar-refractivity contribution in [2.24, 2.45) is 5.14 Å². The van der Waals surface area contributed by atoms with Crippen LogP contribution in [0.2, 0.25) is 0 Å². The summed E-state index contributed by atoms with van der Waals surface area (Å²) in [5, 5.41) is 12.5. The van der Waals surface area contributed by atoms with Crippen molar-refractivity contribution in [3.8, 4) is 5.69 Å². The molecule has 0 bridgehead atoms. The molecule has 1 unspecified atom stereocenters. The minimum atomic E-state index is -3.87. The van der Waals surface area contributed by atoms with E-state index in [-0.39, 0.29) is 33.6 Å². The maximum atomic E-state index is 13.3. The zero-order chi connectivity index (χ0) is 29.3. The number of hydrogen-bond acceptors (Lipinski definition) is 10. The summed E-state index contributed by atoms with van der Waals surface area (Å²) in [6, 6.07) is 5.67. The van der Waals surface area contributed by atoms with Gasteiger partial charge in [0.15, 0.2) is 10.8 Å². The summed E-state index contributed by atoms with van der Waals surface area (Å²) < 4.78 is 29.9. The number of anilines is 1. The number of aryl methyl sites for hydroxylation is 1. The molecule has 3 aromatic heterocycles. The summed E-state index contributed by atoms with van der Waals surface area (Å²) in [7, 11) is -3.87. The van der Waals surface area contributed by atoms with E-state index >= 15 is 0 Å². The summed E-state index contributed by atoms with van der Waals surface area (Å²) in [6.07, 6.45) is 6.08. The Morgan fingerprint density at radius 3 is 2.66 bits per heavy atom. The first-order valence-corrected chi connectivity index (χ1v) is 16.2. The number of primary sulfonamides is 1. The van der Waals surface area contributed by atoms with Gasteiger partial charge in [0.1, 0.15) is 10.4 Å². The molecule has 0 saturated carbocycles. The number of nitrogens with one attached hydrogen (secondary N) is 2. The fraction of sp³-hybridized carbons (Fsp3) is 0.346. The Kier molecular flexibility index (Phi) is 8.31. The minimum absolute atomic E-state index is 0.0622. The van der Waals surface area contributed by atoms with Crippen LogP contribution in [-0.4, -0.2) is 51.9 Å². The molecule has 1 amide bonds. The molecule has 0 spiro atoms. The fourth-order valence-electron chi connectivity index (χ4n) is 4.60. The molecule has 5 rings (SSSR count). The van der Waals surface area contributed by atoms with E-state index in [4.69, 9.17) is 9.88 Å². The number of benzene rings is 1. The molecule has 1 atom stereocenters. The molecule has 0 aliphatic heterocycles. The maximum Gasteiger partial charge on any atom is 0.341 e. The average molecular weight is 617 g/mol. The van der Waals surface area contributed by atoms with Crippen LogP contribution in [0.1, 0.15) is 53.9 Å². The highest BCUT2D eigenvalue weighted by Gasteiger charge is 2.28. The summed E-state index contributed by atoms with van der Waals surface area (Å²) in [5.41, 5.74) is 1.66. The van der Waals surface area contributed by atoms with Gasteiger partial charge in [-0.25, -0.2) is 28.0 Å². The van der Waals surface area contributed by atoms with Crippen LogP contribution in [-0.2, 0) is 32.4 Å². The lowest BCUT2D eigenvalue weighted by Gasteiger charge is -2.12. The second kappa shape index (κ2) is 11.8. The zero-order valence-electron chi connectivity index (χ0n) is 22.3. The number of fused-ring (bicyclic) bond motifs is 2. The van der Waals surface area contributed by atoms with Crippen molar-refractivity contribution in [2.75, 3.05) is 11.9 Å². The number of carbonyl (C=O) groups excluding carboxylic acids is 2. The van der Waals surface area contributed by atoms with Crippen LogP contribution in [0.15, 0.2) is 45.3 Å². The number of nitrogens with zero attached hydrogens (tertiary/aromatic N) is 3. The Labute approximate surface area is 243 Å². The molecule has 4 N–H and O–H groups in total. The first-order chi connectivity index (χ1) is 19.6. The normalized spacial score (nSPS) is 14.3. The smallest absolute Gasteiger partial charge is 0.341 e. The molecule has 0 saturated heterocycles. The van der Waals surface area contributed by atoms with Crippen molar-refractivity contribution >= 4 is 61.0 Å². The van der Waals surface area contributed by atoms with Crippen molar-refractivity contribution in [3.63, 3.8) is 0 Å². The van der Waals surface area contributed by atoms with Crippen LogP contribution < -0.4 is 16.0 Å². The predicted molar refractivity (Wildman–Crippen MR) is 156 cm³/mol. The van der Waals surface area contributed by atoms with Gasteiger partial charge in [0.05, 0.1) is 34.2 Å². The first-order valence-electron chi connectivity index (χ1n) is 13.0. The highest BCUT2D eigenvalue weighted by Crippen LogP contribution is 2.38. The van der Waals surface area contributed by atoms with Crippen LogP contribution in [0.25, 0.3) is 16.7 Å². The van der Waals surface area contributed by atoms with Gasteiger partial charge in [0.2, 0.25) is 15.9 Å². The van der Waals surface area contributed by atoms with E-state index in [9.17, 15) is 22.8 Å². The molecule has 0 radical (unpaired) electrons. The van der Waals surface area contributed by atoms with Crippen LogP contribution in [0.5, 0.6) is 0 Å². The van der Waals surface area contributed by atoms with Crippen molar-refractivity contribution in [3.05, 3.63) is 56.8 Å². The van der Waals surface area contributed by atoms with E-state index in [0.717, 1.165) is 54.3 Å². The van der Waals surface area contributed by atoms with Gasteiger partial charge in [0.25, 0.3) is 5.56 Å². The van der Waals surface area contributed by atoms with Gasteiger partial charge in [-0.3, -0.25) is 9.59 Å². The number of rotatable bonds is 8. The van der Waals surface area contributed by atoms with Gasteiger partial charge in [-0.1, -0.05) is 18.2 Å². The quantitative estimate of drug-likeness (QED) is 0.116. The van der Waals surface area contributed by atoms with Gasteiger partial charge >= 0.3 is 5.97 Å². The highest BCUT2D eigenvalue weighted by atomic mass is 32.2. The van der Waals surface area contributed by atoms with E-state index in [1.165, 1.54) is 46.5 Å². The van der Waals surface area contributed by atoms with Crippen LogP contribution in [0.3, 0.4) is 0 Å². The van der Waals surface area contributed by atoms with Crippen molar-refractivity contribution in [2.45, 2.75) is 61.3 Å². The number of ether oxygens (including phenoxy) is 1. The number of aromatic amines is 1. The van der Waals surface area contributed by atoms with E-state index in [2.05, 4.69) is 20.4 Å². The molecular formula is C26H28N6O6S3. The Morgan fingerprint density at radius 2 is 1.95 bits per heavy atom. The number of nitrogens with two attached hydrogens (primary N) is 1. The molecular weight excluding hydrogens is 589 g/mol. The summed E-state index contributed by atoms with van der Waals surface area (Å²) >= 11 is 2.46. The fourth-order valence-corrected chi connectivity index (χ4v) is 7.19. The molecule has 1 aliphatic rings. The van der Waals surface area contributed by atoms with Gasteiger partial charge in [0, 0.05) is 4.88 Å². The molecule has 1 aromatic carbocycles. The van der Waals surface area contributed by atoms with Gasteiger partial charge in [-0.15, -0.1) is 11.3 Å². The third-order valence-electron chi connectivity index (χ3n) is 6.62. The number of carbonyl (C=O) groups is 2. The van der Waals surface area contributed by atoms with E-state index in [1.54, 1.807) is 13.8 Å². The van der Waals surface area contributed by atoms with E-state index < -0.39 is 26.8 Å². The lowest BCUT2D eigenvalue weighted by molar-refractivity contribution is -0.115. The van der Waals surface area contributed by atoms with E-state index in [0.29, 0.717) is 16.3 Å². The Hall–Kier alpha value is -3.53. The lowest BCUT2D eigenvalue weighted by atomic mass is 10.1. The molecule has 41 heavy (non-hydrogen) atoms. The molecule has 15 heteroatoms. The highest BCUT2D eigenvalue weighted by molar-refractivity contribution is 8.00. The Bertz CT molecular complexity index is 1790. The topological polar surface area (TPSA) is 179 Å². The standard InChI is InChI=1S/C26H28N6O6S3/c1-3-38-25(35)20-17-7-5-4-6-8-19(17)40-24(20)30-22(33)14(2)39-26-29-21-18(23(34)31-26)13-28-32(21)15-9-11-16(12-10-15)41(27,36)37/h9-14H,3-8H2,1-2H3,(H,30,33)(H2,27,36,37)(H,29,31,34). The number of H-pyrrole nitrogens is 1. The van der Waals surface area contributed by atoms with Crippen molar-refractivity contribution in [1.82, 2.24) is 19.7 Å². The van der Waals surface area contributed by atoms with Crippen LogP contribution in [0, 0.1) is 0 Å². The molecule has 216 valence electrons. The largest absolute Gasteiger partial charge is 0.462 e. The molecule has 0 fully saturated rings. The van der Waals surface area contributed by atoms with Crippen LogP contribution >= 0.6 is 23.1 Å². The molecule has 12 nitrogen and oxygen atoms in total. The SMILES string of the molecule is CCOC(=O)c1c(NC(=O)C(C)Sc2nc3c(cnn3-c3ccc(S(N)(=O)=O)cc3)c(=O)[nH]2)sc2c1CCCCC2. The molecule has 4 aromatic rings. The third-order valence-corrected chi connectivity index (χ3v) is 9.74. The number of aromatic nitrogens is 4. The molecule has 1 aliphatic carbocycles. The van der Waals surface area contributed by atoms with Crippen LogP contribution in [0.4, 0.5) is 5.00 Å². The molecule has 3 heterocycles. The monoisotopic (exact) mass is 616 g/mol. The van der Waals surface area contributed by atoms with Crippen molar-refractivity contribution in [1.29, 1.82) is 0 Å². The summed E-state index contributed by atoms with van der Waals surface area (Å²) in [4.78, 5) is 47.1. The zero-order valence-corrected chi connectivity index (χ0v) is 24.7. The maximum absolute atomic E-state index is 13.3.